The van der Waals surface area contributed by atoms with Crippen molar-refractivity contribution in [2.45, 2.75) is 31.1 Å². The van der Waals surface area contributed by atoms with Crippen molar-refractivity contribution in [3.8, 4) is 0 Å². The Morgan fingerprint density at radius 1 is 1.15 bits per heavy atom. The van der Waals surface area contributed by atoms with Gasteiger partial charge in [-0.1, -0.05) is 6.58 Å². The molecule has 0 spiro atoms. The molecule has 1 unspecified atom stereocenters. The molecule has 14 heteroatoms. The molecule has 0 fully saturated rings. The Bertz CT molecular complexity index is 645. The second-order valence-electron chi connectivity index (χ2n) is 4.62. The molecule has 0 aliphatic carbocycles. The summed E-state index contributed by atoms with van der Waals surface area (Å²) in [6, 6.07) is 0. The van der Waals surface area contributed by atoms with E-state index in [-0.39, 0.29) is 19.2 Å². The zero-order valence-corrected chi connectivity index (χ0v) is 14.4. The van der Waals surface area contributed by atoms with E-state index in [0.717, 1.165) is 0 Å². The van der Waals surface area contributed by atoms with Crippen molar-refractivity contribution in [2.75, 3.05) is 19.7 Å². The highest BCUT2D eigenvalue weighted by molar-refractivity contribution is 7.86. The first-order valence-corrected chi connectivity index (χ1v) is 8.24. The number of halogens is 5. The van der Waals surface area contributed by atoms with E-state index in [4.69, 9.17) is 4.55 Å². The van der Waals surface area contributed by atoms with Crippen molar-refractivity contribution in [2.24, 2.45) is 0 Å². The van der Waals surface area contributed by atoms with Crippen LogP contribution in [0.2, 0.25) is 0 Å². The Labute approximate surface area is 145 Å². The largest absolute Gasteiger partial charge is 0.466 e. The number of nitrogens with zero attached hydrogens (tertiary/aromatic N) is 1. The van der Waals surface area contributed by atoms with Gasteiger partial charge in [-0.25, -0.2) is 4.79 Å². The molecule has 0 aromatic heterocycles. The third kappa shape index (κ3) is 5.11. The van der Waals surface area contributed by atoms with Crippen LogP contribution in [-0.2, 0) is 29.2 Å². The lowest BCUT2D eigenvalue weighted by Gasteiger charge is -2.36. The minimum absolute atomic E-state index is 0.209. The summed E-state index contributed by atoms with van der Waals surface area (Å²) in [4.78, 5) is 23.9. The molecule has 26 heavy (non-hydrogen) atoms. The van der Waals surface area contributed by atoms with Crippen LogP contribution in [0.25, 0.3) is 0 Å². The van der Waals surface area contributed by atoms with E-state index in [1.165, 1.54) is 13.8 Å². The molecule has 0 aromatic rings. The third-order valence-corrected chi connectivity index (χ3v) is 3.81. The lowest BCUT2D eigenvalue weighted by molar-refractivity contribution is -0.355. The first-order chi connectivity index (χ1) is 11.6. The second-order valence-corrected chi connectivity index (χ2v) is 6.17. The molecular weight excluding hydrogens is 397 g/mol. The summed E-state index contributed by atoms with van der Waals surface area (Å²) < 4.78 is 104. The standard InChI is InChI=1S/C12H16F5NO7S/c1-4-8(19)25-11(12(15,16)17,9(20)18(5-2)6-3)24-7-10(13,14)26(21,22)23/h4H,1,5-7H2,2-3H3,(H,21,22,23). The smallest absolute Gasteiger partial charge is 0.412 e. The predicted octanol–water partition coefficient (Wildman–Crippen LogP) is 1.34. The van der Waals surface area contributed by atoms with E-state index in [0.29, 0.717) is 4.90 Å². The van der Waals surface area contributed by atoms with Crippen molar-refractivity contribution in [1.82, 2.24) is 4.90 Å². The van der Waals surface area contributed by atoms with Gasteiger partial charge in [-0.2, -0.15) is 30.4 Å². The summed E-state index contributed by atoms with van der Waals surface area (Å²) in [5.41, 5.74) is 0. The van der Waals surface area contributed by atoms with Crippen LogP contribution in [0, 0.1) is 0 Å². The fourth-order valence-electron chi connectivity index (χ4n) is 1.56. The Hall–Kier alpha value is -1.80. The Balaban J connectivity index is 6.25. The van der Waals surface area contributed by atoms with Gasteiger partial charge in [0, 0.05) is 19.2 Å². The SMILES string of the molecule is C=CC(=O)OC(OCC(F)(F)S(=O)(=O)O)(C(=O)N(CC)CC)C(F)(F)F. The van der Waals surface area contributed by atoms with E-state index in [2.05, 4.69) is 16.1 Å². The van der Waals surface area contributed by atoms with Crippen molar-refractivity contribution >= 4 is 22.0 Å². The highest BCUT2D eigenvalue weighted by Gasteiger charge is 2.68. The summed E-state index contributed by atoms with van der Waals surface area (Å²) >= 11 is 0. The van der Waals surface area contributed by atoms with Crippen LogP contribution < -0.4 is 0 Å². The van der Waals surface area contributed by atoms with Gasteiger partial charge in [0.1, 0.15) is 6.61 Å². The second kappa shape index (κ2) is 8.26. The number of hydrogen-bond acceptors (Lipinski definition) is 6. The van der Waals surface area contributed by atoms with Crippen LogP contribution in [0.3, 0.4) is 0 Å². The molecule has 8 nitrogen and oxygen atoms in total. The average Bonchev–Trinajstić information content (AvgIpc) is 2.49. The highest BCUT2D eigenvalue weighted by atomic mass is 32.2. The average molecular weight is 413 g/mol. The number of hydrogen-bond donors (Lipinski definition) is 1. The molecule has 1 atom stereocenters. The molecule has 1 N–H and O–H groups in total. The Morgan fingerprint density at radius 3 is 1.92 bits per heavy atom. The number of carbonyl (C=O) groups is 2. The van der Waals surface area contributed by atoms with Gasteiger partial charge in [-0.05, 0) is 13.8 Å². The van der Waals surface area contributed by atoms with E-state index in [1.54, 1.807) is 0 Å². The fourth-order valence-corrected chi connectivity index (χ4v) is 1.77. The molecule has 0 bridgehead atoms. The minimum atomic E-state index is -6.17. The highest BCUT2D eigenvalue weighted by Crippen LogP contribution is 2.38. The molecule has 0 rings (SSSR count). The molecule has 1 amide bonds. The number of likely N-dealkylation sites (N-methyl/N-ethyl adjacent to an activating group) is 1. The van der Waals surface area contributed by atoms with Crippen molar-refractivity contribution in [3.05, 3.63) is 12.7 Å². The summed E-state index contributed by atoms with van der Waals surface area (Å²) in [5, 5.41) is -5.21. The number of ether oxygens (including phenoxy) is 2. The topological polar surface area (TPSA) is 110 Å². The van der Waals surface area contributed by atoms with Crippen LogP contribution >= 0.6 is 0 Å². The minimum Gasteiger partial charge on any atom is -0.412 e. The Kier molecular flexibility index (Phi) is 7.69. The van der Waals surface area contributed by atoms with Crippen LogP contribution in [0.1, 0.15) is 13.8 Å². The molecule has 0 radical (unpaired) electrons. The molecule has 0 aromatic carbocycles. The Morgan fingerprint density at radius 2 is 1.62 bits per heavy atom. The quantitative estimate of drug-likeness (QED) is 0.200. The molecular formula is C12H16F5NO7S. The van der Waals surface area contributed by atoms with Crippen LogP contribution in [0.4, 0.5) is 22.0 Å². The van der Waals surface area contributed by atoms with Gasteiger partial charge < -0.3 is 14.4 Å². The number of esters is 1. The van der Waals surface area contributed by atoms with Gasteiger partial charge >= 0.3 is 39.2 Å². The number of alkyl halides is 5. The first-order valence-electron chi connectivity index (χ1n) is 6.79. The summed E-state index contributed by atoms with van der Waals surface area (Å²) in [7, 11) is -6.17. The number of rotatable bonds is 9. The normalized spacial score (nSPS) is 15.1. The maximum atomic E-state index is 13.5. The summed E-state index contributed by atoms with van der Waals surface area (Å²) in [5.74, 6) is -8.49. The van der Waals surface area contributed by atoms with Gasteiger partial charge in [-0.15, -0.1) is 0 Å². The molecule has 0 aliphatic heterocycles. The van der Waals surface area contributed by atoms with Crippen LogP contribution in [0.15, 0.2) is 12.7 Å². The van der Waals surface area contributed by atoms with Gasteiger partial charge in [0.2, 0.25) is 0 Å². The van der Waals surface area contributed by atoms with Gasteiger partial charge in [-0.3, -0.25) is 9.35 Å². The zero-order valence-electron chi connectivity index (χ0n) is 13.5. The van der Waals surface area contributed by atoms with Gasteiger partial charge in [0.05, 0.1) is 0 Å². The maximum Gasteiger partial charge on any atom is 0.466 e. The fraction of sp³-hybridized carbons (Fsp3) is 0.667. The molecule has 0 saturated carbocycles. The summed E-state index contributed by atoms with van der Waals surface area (Å²) in [6.45, 7) is 1.97. The maximum absolute atomic E-state index is 13.5. The lowest BCUT2D eigenvalue weighted by atomic mass is 10.2. The number of amides is 1. The van der Waals surface area contributed by atoms with Crippen molar-refractivity contribution in [3.63, 3.8) is 0 Å². The molecule has 152 valence electrons. The van der Waals surface area contributed by atoms with E-state index < -0.39 is 45.8 Å². The van der Waals surface area contributed by atoms with Gasteiger partial charge in [0.25, 0.3) is 0 Å². The molecule has 0 aliphatic rings. The predicted molar refractivity (Wildman–Crippen MR) is 75.5 cm³/mol. The number of carbonyl (C=O) groups excluding carboxylic acids is 2. The monoisotopic (exact) mass is 413 g/mol. The molecule has 0 saturated heterocycles. The van der Waals surface area contributed by atoms with Crippen LogP contribution in [-0.4, -0.2) is 66.7 Å². The summed E-state index contributed by atoms with van der Waals surface area (Å²) in [6.07, 6.45) is -5.67. The molecule has 0 heterocycles. The van der Waals surface area contributed by atoms with Crippen LogP contribution in [0.5, 0.6) is 0 Å². The zero-order chi connectivity index (χ0) is 21.0. The van der Waals surface area contributed by atoms with Crippen molar-refractivity contribution in [1.29, 1.82) is 0 Å². The van der Waals surface area contributed by atoms with E-state index >= 15 is 0 Å². The van der Waals surface area contributed by atoms with E-state index in [9.17, 15) is 40.0 Å². The lowest BCUT2D eigenvalue weighted by Crippen LogP contribution is -2.63. The third-order valence-electron chi connectivity index (χ3n) is 2.94. The van der Waals surface area contributed by atoms with Crippen molar-refractivity contribution < 1.29 is 54.0 Å². The first kappa shape index (κ1) is 24.2. The van der Waals surface area contributed by atoms with E-state index in [1.807, 2.05) is 0 Å². The van der Waals surface area contributed by atoms with Gasteiger partial charge in [0.15, 0.2) is 0 Å².